The Morgan fingerprint density at radius 2 is 2.06 bits per heavy atom. The molecule has 1 saturated heterocycles. The lowest BCUT2D eigenvalue weighted by atomic mass is 9.90. The number of ketones is 1. The van der Waals surface area contributed by atoms with Gasteiger partial charge in [-0.3, -0.25) is 4.79 Å². The van der Waals surface area contributed by atoms with Crippen LogP contribution in [0.15, 0.2) is 18.2 Å². The molecule has 1 aromatic rings. The van der Waals surface area contributed by atoms with E-state index in [9.17, 15) is 4.79 Å². The fourth-order valence-electron chi connectivity index (χ4n) is 2.39. The molecule has 0 spiro atoms. The fraction of sp³-hybridized carbons (Fsp3) is 0.500. The number of anilines is 1. The fourth-order valence-corrected chi connectivity index (χ4v) is 2.73. The molecule has 2 nitrogen and oxygen atoms in total. The first-order valence-corrected chi connectivity index (χ1v) is 6.44. The first-order chi connectivity index (χ1) is 8.00. The van der Waals surface area contributed by atoms with Gasteiger partial charge >= 0.3 is 0 Å². The van der Waals surface area contributed by atoms with Crippen LogP contribution in [0.2, 0.25) is 5.02 Å². The van der Waals surface area contributed by atoms with Crippen molar-refractivity contribution in [2.24, 2.45) is 5.92 Å². The minimum absolute atomic E-state index is 0.0844. The molecule has 2 unspecified atom stereocenters. The number of carbonyl (C=O) groups excluding carboxylic acids is 1. The van der Waals surface area contributed by atoms with Crippen molar-refractivity contribution >= 4 is 23.1 Å². The molecule has 1 aromatic carbocycles. The summed E-state index contributed by atoms with van der Waals surface area (Å²) in [5, 5.41) is 0.776. The van der Waals surface area contributed by atoms with E-state index in [4.69, 9.17) is 11.6 Å². The van der Waals surface area contributed by atoms with E-state index < -0.39 is 0 Å². The number of hydrogen-bond acceptors (Lipinski definition) is 2. The van der Waals surface area contributed by atoms with E-state index >= 15 is 0 Å². The molecule has 0 saturated carbocycles. The highest BCUT2D eigenvalue weighted by molar-refractivity contribution is 6.33. The predicted octanol–water partition coefficient (Wildman–Crippen LogP) is 3.45. The van der Waals surface area contributed by atoms with Crippen LogP contribution < -0.4 is 4.90 Å². The molecule has 0 aromatic heterocycles. The summed E-state index contributed by atoms with van der Waals surface area (Å²) >= 11 is 6.29. The van der Waals surface area contributed by atoms with Gasteiger partial charge in [-0.1, -0.05) is 24.6 Å². The third kappa shape index (κ3) is 2.32. The Labute approximate surface area is 108 Å². The molecule has 2 rings (SSSR count). The largest absolute Gasteiger partial charge is 0.366 e. The van der Waals surface area contributed by atoms with Crippen LogP contribution >= 0.6 is 11.6 Å². The number of halogens is 1. The molecule has 0 amide bonds. The zero-order valence-electron chi connectivity index (χ0n) is 10.5. The van der Waals surface area contributed by atoms with Gasteiger partial charge in [-0.15, -0.1) is 0 Å². The number of piperidine rings is 1. The van der Waals surface area contributed by atoms with Gasteiger partial charge in [0.2, 0.25) is 0 Å². The molecule has 1 aliphatic heterocycles. The van der Waals surface area contributed by atoms with E-state index in [1.165, 1.54) is 0 Å². The first kappa shape index (κ1) is 12.4. The van der Waals surface area contributed by atoms with Crippen molar-refractivity contribution in [3.05, 3.63) is 28.8 Å². The average molecular weight is 252 g/mol. The molecule has 1 aliphatic rings. The minimum atomic E-state index is 0.0844. The van der Waals surface area contributed by atoms with Gasteiger partial charge in [0.15, 0.2) is 0 Å². The summed E-state index contributed by atoms with van der Waals surface area (Å²) in [6, 6.07) is 6.31. The van der Waals surface area contributed by atoms with E-state index in [2.05, 4.69) is 24.0 Å². The number of hydrogen-bond donors (Lipinski definition) is 0. The third-order valence-corrected chi connectivity index (χ3v) is 4.04. The highest BCUT2D eigenvalue weighted by Crippen LogP contribution is 2.32. The molecule has 3 heteroatoms. The second-order valence-corrected chi connectivity index (χ2v) is 5.30. The van der Waals surface area contributed by atoms with Crippen LogP contribution in [0.5, 0.6) is 0 Å². The molecular weight excluding hydrogens is 234 g/mol. The van der Waals surface area contributed by atoms with Crippen LogP contribution in [0, 0.1) is 12.8 Å². The summed E-state index contributed by atoms with van der Waals surface area (Å²) in [5.74, 6) is 0.443. The SMILES string of the molecule is Cc1ccc(N2CCC(=O)C(C)C2C)c(Cl)c1. The Kier molecular flexibility index (Phi) is 3.43. The molecule has 0 N–H and O–H groups in total. The molecule has 92 valence electrons. The van der Waals surface area contributed by atoms with Gasteiger partial charge in [0.1, 0.15) is 5.78 Å². The zero-order valence-corrected chi connectivity index (χ0v) is 11.3. The summed E-state index contributed by atoms with van der Waals surface area (Å²) in [4.78, 5) is 13.9. The minimum Gasteiger partial charge on any atom is -0.366 e. The van der Waals surface area contributed by atoms with Crippen LogP contribution in [-0.4, -0.2) is 18.4 Å². The number of carbonyl (C=O) groups is 1. The normalized spacial score (nSPS) is 25.2. The molecule has 17 heavy (non-hydrogen) atoms. The maximum atomic E-state index is 11.7. The van der Waals surface area contributed by atoms with E-state index in [-0.39, 0.29) is 12.0 Å². The monoisotopic (exact) mass is 251 g/mol. The third-order valence-electron chi connectivity index (χ3n) is 3.73. The Bertz CT molecular complexity index is 444. The van der Waals surface area contributed by atoms with Crippen molar-refractivity contribution in [3.8, 4) is 0 Å². The van der Waals surface area contributed by atoms with Gasteiger partial charge in [-0.25, -0.2) is 0 Å². The number of nitrogens with zero attached hydrogens (tertiary/aromatic N) is 1. The number of benzene rings is 1. The molecule has 0 aliphatic carbocycles. The van der Waals surface area contributed by atoms with Crippen LogP contribution in [-0.2, 0) is 4.79 Å². The van der Waals surface area contributed by atoms with Crippen LogP contribution in [0.4, 0.5) is 5.69 Å². The summed E-state index contributed by atoms with van der Waals surface area (Å²) in [6.07, 6.45) is 0.621. The lowest BCUT2D eigenvalue weighted by molar-refractivity contribution is -0.123. The lowest BCUT2D eigenvalue weighted by Gasteiger charge is -2.39. The quantitative estimate of drug-likeness (QED) is 0.762. The average Bonchev–Trinajstić information content (AvgIpc) is 2.28. The summed E-state index contributed by atoms with van der Waals surface area (Å²) < 4.78 is 0. The number of aryl methyl sites for hydroxylation is 1. The van der Waals surface area contributed by atoms with Crippen molar-refractivity contribution in [1.29, 1.82) is 0 Å². The van der Waals surface area contributed by atoms with Gasteiger partial charge in [0, 0.05) is 24.9 Å². The van der Waals surface area contributed by atoms with E-state index in [1.54, 1.807) is 0 Å². The second-order valence-electron chi connectivity index (χ2n) is 4.89. The van der Waals surface area contributed by atoms with Crippen molar-refractivity contribution < 1.29 is 4.79 Å². The van der Waals surface area contributed by atoms with E-state index in [0.717, 1.165) is 22.8 Å². The van der Waals surface area contributed by atoms with Crippen molar-refractivity contribution in [1.82, 2.24) is 0 Å². The smallest absolute Gasteiger partial charge is 0.139 e. The Morgan fingerprint density at radius 1 is 1.35 bits per heavy atom. The van der Waals surface area contributed by atoms with Gasteiger partial charge in [0.25, 0.3) is 0 Å². The molecule has 0 radical (unpaired) electrons. The van der Waals surface area contributed by atoms with Crippen LogP contribution in [0.1, 0.15) is 25.8 Å². The highest BCUT2D eigenvalue weighted by atomic mass is 35.5. The Balaban J connectivity index is 2.31. The predicted molar refractivity (Wildman–Crippen MR) is 71.8 cm³/mol. The maximum Gasteiger partial charge on any atom is 0.139 e. The summed E-state index contributed by atoms with van der Waals surface area (Å²) in [5.41, 5.74) is 2.21. The summed E-state index contributed by atoms with van der Waals surface area (Å²) in [6.45, 7) is 6.90. The van der Waals surface area contributed by atoms with Gasteiger partial charge in [-0.2, -0.15) is 0 Å². The molecule has 1 heterocycles. The maximum absolute atomic E-state index is 11.7. The van der Waals surface area contributed by atoms with E-state index in [0.29, 0.717) is 12.2 Å². The first-order valence-electron chi connectivity index (χ1n) is 6.06. The van der Waals surface area contributed by atoms with Crippen LogP contribution in [0.3, 0.4) is 0 Å². The standard InChI is InChI=1S/C14H18ClNO/c1-9-4-5-13(12(15)8-9)16-7-6-14(17)10(2)11(16)3/h4-5,8,10-11H,6-7H2,1-3H3. The van der Waals surface area contributed by atoms with Crippen molar-refractivity contribution in [2.45, 2.75) is 33.2 Å². The molecule has 0 bridgehead atoms. The number of Topliss-reactive ketones (excluding diaryl/α,β-unsaturated/α-hetero) is 1. The Morgan fingerprint density at radius 3 is 2.71 bits per heavy atom. The van der Waals surface area contributed by atoms with Gasteiger partial charge < -0.3 is 4.90 Å². The van der Waals surface area contributed by atoms with Gasteiger partial charge in [-0.05, 0) is 31.5 Å². The zero-order chi connectivity index (χ0) is 12.6. The van der Waals surface area contributed by atoms with Crippen molar-refractivity contribution in [3.63, 3.8) is 0 Å². The number of rotatable bonds is 1. The highest BCUT2D eigenvalue weighted by Gasteiger charge is 2.31. The van der Waals surface area contributed by atoms with Gasteiger partial charge in [0.05, 0.1) is 10.7 Å². The summed E-state index contributed by atoms with van der Waals surface area (Å²) in [7, 11) is 0. The van der Waals surface area contributed by atoms with E-state index in [1.807, 2.05) is 19.9 Å². The molecular formula is C14H18ClNO. The Hall–Kier alpha value is -1.02. The molecule has 1 fully saturated rings. The topological polar surface area (TPSA) is 20.3 Å². The molecule has 2 atom stereocenters. The second kappa shape index (κ2) is 4.69. The lowest BCUT2D eigenvalue weighted by Crippen LogP contribution is -2.47. The van der Waals surface area contributed by atoms with Crippen molar-refractivity contribution in [2.75, 3.05) is 11.4 Å². The van der Waals surface area contributed by atoms with Crippen LogP contribution in [0.25, 0.3) is 0 Å².